The molecule has 0 aliphatic carbocycles. The van der Waals surface area contributed by atoms with Crippen molar-refractivity contribution in [3.63, 3.8) is 0 Å². The predicted octanol–water partition coefficient (Wildman–Crippen LogP) is 2.50. The average Bonchev–Trinajstić information content (AvgIpc) is 2.50. The molecule has 0 saturated carbocycles. The second-order valence-electron chi connectivity index (χ2n) is 5.80. The Bertz CT molecular complexity index is 421. The van der Waals surface area contributed by atoms with Crippen molar-refractivity contribution < 1.29 is 33.3 Å². The highest BCUT2D eigenvalue weighted by Crippen LogP contribution is 2.23. The fraction of sp³-hybridized carbons (Fsp3) is 0.824. The fourth-order valence-corrected chi connectivity index (χ4v) is 2.31. The lowest BCUT2D eigenvalue weighted by atomic mass is 10.1. The van der Waals surface area contributed by atoms with Crippen molar-refractivity contribution in [2.75, 3.05) is 6.61 Å². The Labute approximate surface area is 143 Å². The van der Waals surface area contributed by atoms with Gasteiger partial charge in [0, 0.05) is 19.3 Å². The van der Waals surface area contributed by atoms with Crippen LogP contribution in [-0.2, 0) is 33.3 Å². The van der Waals surface area contributed by atoms with E-state index in [0.29, 0.717) is 32.1 Å². The number of carbonyl (C=O) groups excluding carboxylic acids is 3. The molecule has 0 amide bonds. The van der Waals surface area contributed by atoms with Crippen LogP contribution in [0.3, 0.4) is 0 Å². The van der Waals surface area contributed by atoms with E-state index in [2.05, 4.69) is 0 Å². The maximum atomic E-state index is 11.8. The first-order chi connectivity index (χ1) is 11.5. The van der Waals surface area contributed by atoms with Gasteiger partial charge in [-0.15, -0.1) is 0 Å². The zero-order chi connectivity index (χ0) is 17.9. The van der Waals surface area contributed by atoms with E-state index < -0.39 is 18.5 Å². The Morgan fingerprint density at radius 3 is 1.75 bits per heavy atom. The van der Waals surface area contributed by atoms with Gasteiger partial charge in [0.2, 0.25) is 6.29 Å². The van der Waals surface area contributed by atoms with Gasteiger partial charge < -0.3 is 18.9 Å². The largest absolute Gasteiger partial charge is 0.458 e. The van der Waals surface area contributed by atoms with E-state index in [1.165, 1.54) is 0 Å². The Morgan fingerprint density at radius 1 is 0.792 bits per heavy atom. The highest BCUT2D eigenvalue weighted by molar-refractivity contribution is 5.71. The maximum absolute atomic E-state index is 11.8. The summed E-state index contributed by atoms with van der Waals surface area (Å²) in [6.45, 7) is 5.66. The van der Waals surface area contributed by atoms with E-state index in [9.17, 15) is 14.4 Å². The Kier molecular flexibility index (Phi) is 9.37. The van der Waals surface area contributed by atoms with Crippen molar-refractivity contribution in [1.29, 1.82) is 0 Å². The predicted molar refractivity (Wildman–Crippen MR) is 84.9 cm³/mol. The molecule has 0 aromatic rings. The quantitative estimate of drug-likeness (QED) is 0.469. The second-order valence-corrected chi connectivity index (χ2v) is 5.80. The van der Waals surface area contributed by atoms with Crippen LogP contribution >= 0.6 is 0 Å². The fourth-order valence-electron chi connectivity index (χ4n) is 2.31. The molecule has 7 heteroatoms. The van der Waals surface area contributed by atoms with Gasteiger partial charge in [-0.3, -0.25) is 14.4 Å². The third-order valence-corrected chi connectivity index (χ3v) is 3.48. The summed E-state index contributed by atoms with van der Waals surface area (Å²) >= 11 is 0. The summed E-state index contributed by atoms with van der Waals surface area (Å²) in [6, 6.07) is 0. The molecular weight excluding hydrogens is 316 g/mol. The first kappa shape index (κ1) is 20.4. The van der Waals surface area contributed by atoms with Gasteiger partial charge >= 0.3 is 17.9 Å². The first-order valence-corrected chi connectivity index (χ1v) is 8.70. The lowest BCUT2D eigenvalue weighted by Gasteiger charge is -2.34. The molecular formula is C17H28O7. The van der Waals surface area contributed by atoms with Gasteiger partial charge in [0.1, 0.15) is 6.10 Å². The maximum Gasteiger partial charge on any atom is 0.308 e. The summed E-state index contributed by atoms with van der Waals surface area (Å²) in [7, 11) is 0. The number of carbonyl (C=O) groups is 3. The van der Waals surface area contributed by atoms with Crippen LogP contribution in [0.1, 0.15) is 65.7 Å². The molecule has 3 atom stereocenters. The van der Waals surface area contributed by atoms with Crippen LogP contribution in [0.2, 0.25) is 0 Å². The SMILES string of the molecule is CCCC(=O)O[C@@H]1C[C@@H](OC(=O)CCC)[C@@H](OC(=O)CCC)CO1. The normalized spacial score (nSPS) is 23.4. The van der Waals surface area contributed by atoms with Gasteiger partial charge in [0.05, 0.1) is 13.0 Å². The van der Waals surface area contributed by atoms with Gasteiger partial charge in [0.25, 0.3) is 0 Å². The molecule has 0 N–H and O–H groups in total. The zero-order valence-corrected chi connectivity index (χ0v) is 14.7. The molecule has 7 nitrogen and oxygen atoms in total. The molecule has 0 bridgehead atoms. The van der Waals surface area contributed by atoms with Gasteiger partial charge in [-0.05, 0) is 19.3 Å². The van der Waals surface area contributed by atoms with Crippen LogP contribution < -0.4 is 0 Å². The van der Waals surface area contributed by atoms with Crippen LogP contribution in [0.4, 0.5) is 0 Å². The van der Waals surface area contributed by atoms with E-state index in [1.54, 1.807) is 0 Å². The Morgan fingerprint density at radius 2 is 1.25 bits per heavy atom. The number of rotatable bonds is 9. The third kappa shape index (κ3) is 7.29. The summed E-state index contributed by atoms with van der Waals surface area (Å²) in [5, 5.41) is 0. The van der Waals surface area contributed by atoms with Crippen molar-refractivity contribution >= 4 is 17.9 Å². The Hall–Kier alpha value is -1.63. The van der Waals surface area contributed by atoms with Gasteiger partial charge in [-0.25, -0.2) is 0 Å². The van der Waals surface area contributed by atoms with Crippen molar-refractivity contribution in [1.82, 2.24) is 0 Å². The molecule has 0 aromatic carbocycles. The number of esters is 3. The van der Waals surface area contributed by atoms with Crippen LogP contribution in [0.15, 0.2) is 0 Å². The minimum Gasteiger partial charge on any atom is -0.458 e. The van der Waals surface area contributed by atoms with Gasteiger partial charge in [-0.1, -0.05) is 20.8 Å². The van der Waals surface area contributed by atoms with Crippen molar-refractivity contribution in [2.45, 2.75) is 84.2 Å². The molecule has 1 aliphatic rings. The van der Waals surface area contributed by atoms with Crippen LogP contribution in [0.5, 0.6) is 0 Å². The van der Waals surface area contributed by atoms with E-state index in [1.807, 2.05) is 20.8 Å². The summed E-state index contributed by atoms with van der Waals surface area (Å²) < 4.78 is 21.4. The monoisotopic (exact) mass is 344 g/mol. The van der Waals surface area contributed by atoms with Gasteiger partial charge in [0.15, 0.2) is 6.10 Å². The van der Waals surface area contributed by atoms with Crippen LogP contribution in [-0.4, -0.2) is 43.0 Å². The van der Waals surface area contributed by atoms with E-state index in [-0.39, 0.29) is 37.4 Å². The molecule has 0 aromatic heterocycles. The van der Waals surface area contributed by atoms with Crippen LogP contribution in [0.25, 0.3) is 0 Å². The summed E-state index contributed by atoms with van der Waals surface area (Å²) in [5.41, 5.74) is 0. The highest BCUT2D eigenvalue weighted by Gasteiger charge is 2.38. The van der Waals surface area contributed by atoms with E-state index in [0.717, 1.165) is 0 Å². The zero-order valence-electron chi connectivity index (χ0n) is 14.7. The molecule has 1 aliphatic heterocycles. The number of hydrogen-bond donors (Lipinski definition) is 0. The van der Waals surface area contributed by atoms with Crippen molar-refractivity contribution in [3.05, 3.63) is 0 Å². The second kappa shape index (κ2) is 11.0. The highest BCUT2D eigenvalue weighted by atomic mass is 16.7. The van der Waals surface area contributed by atoms with E-state index >= 15 is 0 Å². The number of hydrogen-bond acceptors (Lipinski definition) is 7. The summed E-state index contributed by atoms with van der Waals surface area (Å²) in [4.78, 5) is 35.1. The summed E-state index contributed by atoms with van der Waals surface area (Å²) in [5.74, 6) is -1.08. The summed E-state index contributed by atoms with van der Waals surface area (Å²) in [6.07, 6.45) is 0.922. The molecule has 1 rings (SSSR count). The average molecular weight is 344 g/mol. The minimum atomic E-state index is -0.787. The standard InChI is InChI=1S/C17H28O7/c1-4-7-14(18)22-12-10-17(24-16(20)9-6-3)21-11-13(12)23-15(19)8-5-2/h12-13,17H,4-11H2,1-3H3/t12-,13+,17-/m1/s1. The molecule has 0 unspecified atom stereocenters. The molecule has 24 heavy (non-hydrogen) atoms. The molecule has 138 valence electrons. The molecule has 1 fully saturated rings. The van der Waals surface area contributed by atoms with Crippen LogP contribution in [0, 0.1) is 0 Å². The topological polar surface area (TPSA) is 88.1 Å². The molecule has 1 heterocycles. The van der Waals surface area contributed by atoms with Crippen molar-refractivity contribution in [2.24, 2.45) is 0 Å². The minimum absolute atomic E-state index is 0.0313. The molecule has 0 spiro atoms. The van der Waals surface area contributed by atoms with E-state index in [4.69, 9.17) is 18.9 Å². The number of ether oxygens (including phenoxy) is 4. The van der Waals surface area contributed by atoms with Crippen molar-refractivity contribution in [3.8, 4) is 0 Å². The van der Waals surface area contributed by atoms with Gasteiger partial charge in [-0.2, -0.15) is 0 Å². The molecule has 1 saturated heterocycles. The molecule has 0 radical (unpaired) electrons. The first-order valence-electron chi connectivity index (χ1n) is 8.70. The lowest BCUT2D eigenvalue weighted by Crippen LogP contribution is -2.47. The lowest BCUT2D eigenvalue weighted by molar-refractivity contribution is -0.230. The smallest absolute Gasteiger partial charge is 0.308 e. The third-order valence-electron chi connectivity index (χ3n) is 3.48. The Balaban J connectivity index is 2.65.